The second-order valence-corrected chi connectivity index (χ2v) is 11.3. The lowest BCUT2D eigenvalue weighted by molar-refractivity contribution is -0.655. The van der Waals surface area contributed by atoms with Crippen LogP contribution in [0, 0.1) is 11.6 Å². The number of anilines is 2. The number of hydrogen-bond acceptors (Lipinski definition) is 9. The summed E-state index contributed by atoms with van der Waals surface area (Å²) in [6, 6.07) is 5.71. The maximum Gasteiger partial charge on any atom is 0.343 e. The number of methoxy groups -OCH3 is 1. The van der Waals surface area contributed by atoms with E-state index in [-0.39, 0.29) is 40.3 Å². The van der Waals surface area contributed by atoms with Crippen LogP contribution < -0.4 is 36.4 Å². The zero-order chi connectivity index (χ0) is 35.8. The predicted molar refractivity (Wildman–Crippen MR) is 216 cm³/mol. The summed E-state index contributed by atoms with van der Waals surface area (Å²) in [5, 5.41) is 16.8. The summed E-state index contributed by atoms with van der Waals surface area (Å²) in [6.07, 6.45) is 2.75. The van der Waals surface area contributed by atoms with Gasteiger partial charge in [0.25, 0.3) is 0 Å². The number of carbonyl (C=O) groups excluding carboxylic acids is 2. The number of piperazine rings is 2. The highest BCUT2D eigenvalue weighted by Crippen LogP contribution is 2.27. The monoisotopic (exact) mass is 1030 g/mol. The molecule has 2 aliphatic rings. The van der Waals surface area contributed by atoms with E-state index in [0.717, 1.165) is 45.3 Å². The van der Waals surface area contributed by atoms with Crippen LogP contribution >= 0.6 is 61.2 Å². The molecule has 0 atom stereocenters. The van der Waals surface area contributed by atoms with E-state index >= 15 is 0 Å². The van der Waals surface area contributed by atoms with Gasteiger partial charge in [-0.25, -0.2) is 13.6 Å². The third-order valence-corrected chi connectivity index (χ3v) is 8.61. The number of nitrogens with zero attached hydrogens (tertiary/aromatic N) is 4. The first kappa shape index (κ1) is 41.8. The van der Waals surface area contributed by atoms with Gasteiger partial charge in [0, 0.05) is 99.7 Å². The first-order valence-electron chi connectivity index (χ1n) is 15.8. The van der Waals surface area contributed by atoms with Gasteiger partial charge in [0.15, 0.2) is 5.43 Å². The molecule has 50 heavy (non-hydrogen) atoms. The number of aromatic nitrogens is 2. The number of hydrogen-bond donors (Lipinski definition) is 2. The van der Waals surface area contributed by atoms with Crippen LogP contribution in [0.1, 0.15) is 34.6 Å². The average Bonchev–Trinajstić information content (AvgIpc) is 3.13. The third kappa shape index (κ3) is 9.05. The Hall–Kier alpha value is -2.63. The zero-order valence-corrected chi connectivity index (χ0v) is 34.4. The number of carboxylic acid groups (broad SMARTS) is 1. The molecule has 0 amide bonds. The van der Waals surface area contributed by atoms with E-state index in [1.54, 1.807) is 21.3 Å². The second-order valence-electron chi connectivity index (χ2n) is 11.3. The van der Waals surface area contributed by atoms with Crippen LogP contribution in [0.4, 0.5) is 20.2 Å². The maximum absolute atomic E-state index is 14.6. The zero-order valence-electron chi connectivity index (χ0n) is 27.8. The highest BCUT2D eigenvalue weighted by atomic mass is 128. The van der Waals surface area contributed by atoms with Gasteiger partial charge < -0.3 is 44.2 Å². The molecule has 0 spiro atoms. The van der Waals surface area contributed by atoms with Crippen LogP contribution in [0.3, 0.4) is 0 Å². The van der Waals surface area contributed by atoms with E-state index in [0.29, 0.717) is 48.6 Å². The number of aromatic carboxylic acids is 1. The third-order valence-electron chi connectivity index (χ3n) is 8.61. The molecule has 4 aromatic rings. The number of benzene rings is 2. The van der Waals surface area contributed by atoms with E-state index in [1.165, 1.54) is 25.6 Å². The van der Waals surface area contributed by atoms with Gasteiger partial charge in [-0.15, -0.1) is 24.0 Å². The smallest absolute Gasteiger partial charge is 0.343 e. The molecular weight excluding hydrogens is 995 g/mol. The molecule has 12 nitrogen and oxygen atoms in total. The van der Waals surface area contributed by atoms with Crippen LogP contribution in [0.2, 0.25) is 0 Å². The van der Waals surface area contributed by atoms with Gasteiger partial charge in [0.1, 0.15) is 17.2 Å². The van der Waals surface area contributed by atoms with Crippen molar-refractivity contribution in [1.29, 1.82) is 0 Å². The molecule has 17 heteroatoms. The standard InChI is InChI=1S/C17H20FN3O3.C16H18FN3O3.I2.HI/c1-3-20-10-12(17(23)24-2)16(22)11-8-13(18)15(9-14(11)20)21-6-4-19-5-7-21;1-2-19-9-11(16(22)23)15(21)10-7-12(17)14(8-13(10)19)20-5-3-18-4-6-20;1-2;/h8-10,19H,3-7H2,1-2H3;7-9,18H,2-6H2,1H3,(H,22,23);;1H. The first-order valence-corrected chi connectivity index (χ1v) is 22.1. The molecule has 4 heterocycles. The molecule has 0 saturated carbocycles. The van der Waals surface area contributed by atoms with Crippen molar-refractivity contribution in [3.05, 3.63) is 79.9 Å². The van der Waals surface area contributed by atoms with E-state index in [9.17, 15) is 33.1 Å². The van der Waals surface area contributed by atoms with Gasteiger partial charge in [-0.3, -0.25) is 9.59 Å². The summed E-state index contributed by atoms with van der Waals surface area (Å²) in [7, 11) is 1.22. The van der Waals surface area contributed by atoms with Gasteiger partial charge in [-0.05, 0) is 38.1 Å². The summed E-state index contributed by atoms with van der Waals surface area (Å²) in [5.41, 5.74) is 0.345. The number of halogens is 5. The summed E-state index contributed by atoms with van der Waals surface area (Å²) >= 11 is 4.24. The van der Waals surface area contributed by atoms with Crippen molar-refractivity contribution in [3.63, 3.8) is 0 Å². The molecular formula is C33H39F2I3N6O6. The Morgan fingerprint density at radius 3 is 1.70 bits per heavy atom. The van der Waals surface area contributed by atoms with Crippen LogP contribution in [0.15, 0.2) is 46.2 Å². The molecule has 0 bridgehead atoms. The van der Waals surface area contributed by atoms with Crippen molar-refractivity contribution in [2.24, 2.45) is 0 Å². The topological polar surface area (TPSA) is 146 Å². The summed E-state index contributed by atoms with van der Waals surface area (Å²) in [5.74, 6) is -3.22. The molecule has 2 aromatic carbocycles. The summed E-state index contributed by atoms with van der Waals surface area (Å²) < 4.78 is 37.2. The Morgan fingerprint density at radius 2 is 1.26 bits per heavy atom. The summed E-state index contributed by atoms with van der Waals surface area (Å²) in [6.45, 7) is 11.0. The van der Waals surface area contributed by atoms with E-state index < -0.39 is 40.0 Å². The summed E-state index contributed by atoms with van der Waals surface area (Å²) in [4.78, 5) is 51.6. The number of esters is 1. The van der Waals surface area contributed by atoms with Crippen LogP contribution in [0.5, 0.6) is 0 Å². The van der Waals surface area contributed by atoms with Crippen molar-refractivity contribution in [1.82, 2.24) is 14.5 Å². The van der Waals surface area contributed by atoms with E-state index in [4.69, 9.17) is 0 Å². The minimum Gasteiger partial charge on any atom is -0.545 e. The number of pyridine rings is 2. The van der Waals surface area contributed by atoms with Crippen LogP contribution in [-0.2, 0) is 17.8 Å². The molecule has 0 unspecified atom stereocenters. The lowest BCUT2D eigenvalue weighted by atomic mass is 10.1. The van der Waals surface area contributed by atoms with Gasteiger partial charge >= 0.3 is 5.97 Å². The number of ether oxygens (including phenoxy) is 1. The highest BCUT2D eigenvalue weighted by Gasteiger charge is 2.22. The number of carbonyl (C=O) groups is 2. The number of aryl methyl sites for hydroxylation is 2. The van der Waals surface area contributed by atoms with Gasteiger partial charge in [-0.1, -0.05) is 0 Å². The van der Waals surface area contributed by atoms with Crippen molar-refractivity contribution in [2.75, 3.05) is 69.3 Å². The SMILES string of the molecule is CCn1cc(C(=O)OC)c(=O)c2cc(F)c(N3CC[NH2+]CC3)cc21.CCn1cc(C(=O)[O-])c(=O)c2cc(F)c(N3CCNCC3)cc21.I.II. The fourth-order valence-corrected chi connectivity index (χ4v) is 6.10. The number of rotatable bonds is 6. The van der Waals surface area contributed by atoms with Gasteiger partial charge in [-0.2, -0.15) is 0 Å². The molecule has 2 aliphatic heterocycles. The van der Waals surface area contributed by atoms with Gasteiger partial charge in [0.2, 0.25) is 5.43 Å². The molecule has 2 aromatic heterocycles. The minimum atomic E-state index is -1.55. The minimum absolute atomic E-state index is 0. The maximum atomic E-state index is 14.6. The molecule has 6 rings (SSSR count). The molecule has 0 radical (unpaired) electrons. The van der Waals surface area contributed by atoms with Crippen molar-refractivity contribution >= 4 is 106 Å². The Labute approximate surface area is 327 Å². The lowest BCUT2D eigenvalue weighted by Gasteiger charge is -2.30. The molecule has 3 N–H and O–H groups in total. The molecule has 272 valence electrons. The quantitative estimate of drug-likeness (QED) is 0.220. The number of quaternary nitrogens is 1. The highest BCUT2D eigenvalue weighted by molar-refractivity contribution is 15.0. The lowest BCUT2D eigenvalue weighted by Crippen LogP contribution is -2.89. The molecule has 2 fully saturated rings. The van der Waals surface area contributed by atoms with Gasteiger partial charge in [0.05, 0.1) is 67.2 Å². The van der Waals surface area contributed by atoms with E-state index in [1.807, 2.05) is 23.6 Å². The predicted octanol–water partition coefficient (Wildman–Crippen LogP) is 2.65. The van der Waals surface area contributed by atoms with Crippen molar-refractivity contribution in [3.8, 4) is 0 Å². The molecule has 2 saturated heterocycles. The van der Waals surface area contributed by atoms with Crippen LogP contribution in [0.25, 0.3) is 21.8 Å². The fraction of sp³-hybridized carbons (Fsp3) is 0.394. The molecule has 0 aliphatic carbocycles. The number of fused-ring (bicyclic) bond motifs is 2. The Balaban J connectivity index is 0.000000253. The average molecular weight is 1030 g/mol. The Morgan fingerprint density at radius 1 is 0.820 bits per heavy atom. The number of nitrogens with two attached hydrogens (primary N) is 1. The normalized spacial score (nSPS) is 14.2. The number of carboxylic acids is 1. The largest absolute Gasteiger partial charge is 0.545 e. The van der Waals surface area contributed by atoms with E-state index in [2.05, 4.69) is 52.6 Å². The fourth-order valence-electron chi connectivity index (χ4n) is 6.10. The Kier molecular flexibility index (Phi) is 16.1. The van der Waals surface area contributed by atoms with Crippen LogP contribution in [-0.4, -0.2) is 80.5 Å². The number of nitrogens with one attached hydrogen (secondary N) is 1. The van der Waals surface area contributed by atoms with Crippen molar-refractivity contribution in [2.45, 2.75) is 26.9 Å². The first-order chi connectivity index (χ1) is 23.6. The van der Waals surface area contributed by atoms with Crippen molar-refractivity contribution < 1.29 is 33.5 Å². The second kappa shape index (κ2) is 19.3. The Bertz CT molecular complexity index is 1960.